The summed E-state index contributed by atoms with van der Waals surface area (Å²) in [6.07, 6.45) is 0.643. The van der Waals surface area contributed by atoms with Gasteiger partial charge in [0.2, 0.25) is 0 Å². The van der Waals surface area contributed by atoms with Gasteiger partial charge in [0, 0.05) is 52.8 Å². The lowest BCUT2D eigenvalue weighted by molar-refractivity contribution is -0.144. The average molecular weight is 389 g/mol. The Morgan fingerprint density at radius 2 is 1.96 bits per heavy atom. The lowest BCUT2D eigenvalue weighted by atomic mass is 9.83. The lowest BCUT2D eigenvalue weighted by Gasteiger charge is -2.39. The van der Waals surface area contributed by atoms with Crippen molar-refractivity contribution in [3.8, 4) is 0 Å². The standard InChI is InChI=1S/C18H26F3N3OS/c1-2-24-16(18(19,20)21)9-15(22-24)13-3-5-14(6-4-13)23-8-7-17(10-23)11-26(25)12-17/h9,13-14H,2-8,10-12H2,1H3. The van der Waals surface area contributed by atoms with Crippen molar-refractivity contribution < 1.29 is 17.4 Å². The molecule has 0 aromatic carbocycles. The van der Waals surface area contributed by atoms with E-state index in [0.717, 1.165) is 61.4 Å². The van der Waals surface area contributed by atoms with Crippen LogP contribution in [0.5, 0.6) is 0 Å². The minimum atomic E-state index is -4.34. The fourth-order valence-corrected chi connectivity index (χ4v) is 6.75. The molecule has 0 atom stereocenters. The molecule has 0 radical (unpaired) electrons. The molecular weight excluding hydrogens is 363 g/mol. The van der Waals surface area contributed by atoms with Crippen LogP contribution in [0.4, 0.5) is 13.2 Å². The van der Waals surface area contributed by atoms with Crippen molar-refractivity contribution >= 4 is 10.8 Å². The van der Waals surface area contributed by atoms with Gasteiger partial charge in [-0.3, -0.25) is 13.8 Å². The summed E-state index contributed by atoms with van der Waals surface area (Å²) in [5, 5.41) is 4.24. The third-order valence-corrected chi connectivity index (χ3v) is 8.29. The van der Waals surface area contributed by atoms with Crippen LogP contribution in [0, 0.1) is 5.41 Å². The van der Waals surface area contributed by atoms with Gasteiger partial charge in [0.05, 0.1) is 5.69 Å². The van der Waals surface area contributed by atoms with Crippen LogP contribution >= 0.6 is 0 Å². The van der Waals surface area contributed by atoms with Gasteiger partial charge in [-0.25, -0.2) is 0 Å². The zero-order chi connectivity index (χ0) is 18.5. The van der Waals surface area contributed by atoms with Crippen molar-refractivity contribution in [2.24, 2.45) is 5.41 Å². The molecule has 1 aromatic rings. The first-order valence-corrected chi connectivity index (χ1v) is 11.0. The molecule has 0 unspecified atom stereocenters. The molecule has 3 aliphatic rings. The van der Waals surface area contributed by atoms with Gasteiger partial charge in [0.1, 0.15) is 5.69 Å². The molecule has 8 heteroatoms. The number of hydrogen-bond acceptors (Lipinski definition) is 3. The van der Waals surface area contributed by atoms with Gasteiger partial charge in [-0.2, -0.15) is 18.3 Å². The summed E-state index contributed by atoms with van der Waals surface area (Å²) in [5.41, 5.74) is 0.268. The molecule has 0 N–H and O–H groups in total. The van der Waals surface area contributed by atoms with E-state index in [-0.39, 0.29) is 12.5 Å². The predicted molar refractivity (Wildman–Crippen MR) is 94.4 cm³/mol. The highest BCUT2D eigenvalue weighted by Gasteiger charge is 2.49. The number of hydrogen-bond donors (Lipinski definition) is 0. The zero-order valence-electron chi connectivity index (χ0n) is 15.1. The van der Waals surface area contributed by atoms with Crippen LogP contribution in [0.25, 0.3) is 0 Å². The van der Waals surface area contributed by atoms with Crippen LogP contribution < -0.4 is 0 Å². The van der Waals surface area contributed by atoms with Crippen LogP contribution in [0.3, 0.4) is 0 Å². The summed E-state index contributed by atoms with van der Waals surface area (Å²) in [7, 11) is -0.609. The quantitative estimate of drug-likeness (QED) is 0.795. The van der Waals surface area contributed by atoms with Gasteiger partial charge in [-0.15, -0.1) is 0 Å². The Morgan fingerprint density at radius 1 is 1.27 bits per heavy atom. The van der Waals surface area contributed by atoms with E-state index in [2.05, 4.69) is 10.00 Å². The number of likely N-dealkylation sites (tertiary alicyclic amines) is 1. The Hall–Kier alpha value is -0.890. The van der Waals surface area contributed by atoms with Crippen LogP contribution in [0.1, 0.15) is 56.3 Å². The van der Waals surface area contributed by atoms with E-state index >= 15 is 0 Å². The predicted octanol–water partition coefficient (Wildman–Crippen LogP) is 3.40. The fraction of sp³-hybridized carbons (Fsp3) is 0.833. The van der Waals surface area contributed by atoms with Crippen molar-refractivity contribution in [2.45, 2.75) is 63.7 Å². The Bertz CT molecular complexity index is 686. The van der Waals surface area contributed by atoms with Gasteiger partial charge in [-0.05, 0) is 51.6 Å². The molecule has 1 aliphatic carbocycles. The molecule has 3 heterocycles. The van der Waals surface area contributed by atoms with Crippen LogP contribution in [-0.2, 0) is 23.5 Å². The second kappa shape index (κ2) is 6.62. The molecule has 1 saturated carbocycles. The molecule has 146 valence electrons. The number of aromatic nitrogens is 2. The molecule has 26 heavy (non-hydrogen) atoms. The summed E-state index contributed by atoms with van der Waals surface area (Å²) in [4.78, 5) is 2.54. The highest BCUT2D eigenvalue weighted by molar-refractivity contribution is 7.86. The van der Waals surface area contributed by atoms with Gasteiger partial charge < -0.3 is 0 Å². The second-order valence-corrected chi connectivity index (χ2v) is 9.68. The van der Waals surface area contributed by atoms with Crippen molar-refractivity contribution in [1.82, 2.24) is 14.7 Å². The average Bonchev–Trinajstić information content (AvgIpc) is 3.19. The van der Waals surface area contributed by atoms with E-state index in [9.17, 15) is 17.4 Å². The molecule has 4 rings (SSSR count). The first-order chi connectivity index (χ1) is 12.3. The normalized spacial score (nSPS) is 35.8. The largest absolute Gasteiger partial charge is 0.433 e. The number of rotatable bonds is 3. The first-order valence-electron chi connectivity index (χ1n) is 9.54. The van der Waals surface area contributed by atoms with E-state index in [1.54, 1.807) is 6.92 Å². The number of aryl methyl sites for hydroxylation is 1. The van der Waals surface area contributed by atoms with E-state index in [1.165, 1.54) is 6.07 Å². The van der Waals surface area contributed by atoms with Crippen LogP contribution in [0.15, 0.2) is 6.07 Å². The summed E-state index contributed by atoms with van der Waals surface area (Å²) in [5.74, 6) is 1.84. The molecule has 1 aromatic heterocycles. The number of alkyl halides is 3. The van der Waals surface area contributed by atoms with Crippen molar-refractivity contribution in [2.75, 3.05) is 24.6 Å². The SMILES string of the molecule is CCn1nc(C2CCC(N3CCC4(C3)CS(=O)C4)CC2)cc1C(F)(F)F. The molecule has 3 fully saturated rings. The summed E-state index contributed by atoms with van der Waals surface area (Å²) in [6.45, 7) is 4.06. The Morgan fingerprint density at radius 3 is 2.50 bits per heavy atom. The molecule has 2 aliphatic heterocycles. The van der Waals surface area contributed by atoms with Crippen LogP contribution in [0.2, 0.25) is 0 Å². The topological polar surface area (TPSA) is 38.1 Å². The number of halogens is 3. The molecular formula is C18H26F3N3OS. The van der Waals surface area contributed by atoms with E-state index < -0.39 is 22.7 Å². The first kappa shape index (κ1) is 18.5. The highest BCUT2D eigenvalue weighted by atomic mass is 32.2. The van der Waals surface area contributed by atoms with Gasteiger partial charge in [-0.1, -0.05) is 0 Å². The zero-order valence-corrected chi connectivity index (χ0v) is 15.9. The summed E-state index contributed by atoms with van der Waals surface area (Å²) in [6, 6.07) is 1.78. The monoisotopic (exact) mass is 389 g/mol. The highest BCUT2D eigenvalue weighted by Crippen LogP contribution is 2.43. The Kier molecular flexibility index (Phi) is 4.70. The molecule has 2 saturated heterocycles. The molecule has 0 bridgehead atoms. The molecule has 0 amide bonds. The van der Waals surface area contributed by atoms with Gasteiger partial charge in [0.25, 0.3) is 0 Å². The van der Waals surface area contributed by atoms with Crippen molar-refractivity contribution in [1.29, 1.82) is 0 Å². The lowest BCUT2D eigenvalue weighted by Crippen LogP contribution is -2.48. The molecule has 4 nitrogen and oxygen atoms in total. The molecule has 1 spiro atoms. The minimum Gasteiger partial charge on any atom is -0.300 e. The van der Waals surface area contributed by atoms with E-state index in [4.69, 9.17) is 0 Å². The van der Waals surface area contributed by atoms with Gasteiger partial charge >= 0.3 is 6.18 Å². The summed E-state index contributed by atoms with van der Waals surface area (Å²) < 4.78 is 52.0. The van der Waals surface area contributed by atoms with Crippen molar-refractivity contribution in [3.63, 3.8) is 0 Å². The van der Waals surface area contributed by atoms with E-state index in [0.29, 0.717) is 17.2 Å². The third-order valence-electron chi connectivity index (χ3n) is 6.42. The summed E-state index contributed by atoms with van der Waals surface area (Å²) >= 11 is 0. The number of nitrogens with zero attached hydrogens (tertiary/aromatic N) is 3. The Balaban J connectivity index is 1.37. The van der Waals surface area contributed by atoms with Crippen LogP contribution in [-0.4, -0.2) is 49.5 Å². The second-order valence-electron chi connectivity index (χ2n) is 8.22. The third kappa shape index (κ3) is 3.35. The maximum atomic E-state index is 13.1. The minimum absolute atomic E-state index is 0.132. The van der Waals surface area contributed by atoms with Gasteiger partial charge in [0.15, 0.2) is 0 Å². The Labute approximate surface area is 154 Å². The van der Waals surface area contributed by atoms with Crippen molar-refractivity contribution in [3.05, 3.63) is 17.5 Å². The maximum absolute atomic E-state index is 13.1. The fourth-order valence-electron chi connectivity index (χ4n) is 5.00. The maximum Gasteiger partial charge on any atom is 0.433 e. The smallest absolute Gasteiger partial charge is 0.300 e. The van der Waals surface area contributed by atoms with E-state index in [1.807, 2.05) is 0 Å².